The lowest BCUT2D eigenvalue weighted by Crippen LogP contribution is -2.00. The van der Waals surface area contributed by atoms with Crippen molar-refractivity contribution in [1.82, 2.24) is 15.0 Å². The summed E-state index contributed by atoms with van der Waals surface area (Å²) in [5, 5.41) is 1.01. The molecule has 0 fully saturated rings. The zero-order chi connectivity index (χ0) is 9.80. The molecule has 2 aromatic heterocycles. The maximum absolute atomic E-state index is 5.38. The monoisotopic (exact) mass is 191 g/mol. The van der Waals surface area contributed by atoms with Crippen LogP contribution in [-0.4, -0.2) is 21.6 Å². The molecule has 2 aromatic rings. The Morgan fingerprint density at radius 2 is 2.43 bits per heavy atom. The van der Waals surface area contributed by atoms with Gasteiger partial charge in [0.2, 0.25) is 0 Å². The number of hydrogen-bond donors (Lipinski definition) is 1. The van der Waals surface area contributed by atoms with Crippen LogP contribution in [0, 0.1) is 0 Å². The van der Waals surface area contributed by atoms with E-state index in [9.17, 15) is 0 Å². The minimum Gasteiger partial charge on any atom is -0.463 e. The molecule has 0 radical (unpaired) electrons. The fourth-order valence-electron chi connectivity index (χ4n) is 1.20. The lowest BCUT2D eigenvalue weighted by atomic mass is 10.4. The average molecular weight is 191 g/mol. The number of aromatic nitrogens is 3. The van der Waals surface area contributed by atoms with Gasteiger partial charge in [0.15, 0.2) is 0 Å². The third-order valence-corrected chi connectivity index (χ3v) is 2.01. The van der Waals surface area contributed by atoms with Gasteiger partial charge in [0.1, 0.15) is 5.65 Å². The second-order valence-electron chi connectivity index (χ2n) is 3.14. The number of ether oxygens (including phenoxy) is 1. The van der Waals surface area contributed by atoms with E-state index in [4.69, 9.17) is 4.74 Å². The first-order chi connectivity index (χ1) is 6.90. The molecule has 0 aliphatic carbocycles. The van der Waals surface area contributed by atoms with Crippen molar-refractivity contribution < 1.29 is 4.74 Å². The Balaban J connectivity index is 2.10. The number of nitrogens with one attached hydrogen (secondary N) is 1. The summed E-state index contributed by atoms with van der Waals surface area (Å²) in [7, 11) is 0. The Bertz CT molecular complexity index is 410. The molecular weight excluding hydrogens is 178 g/mol. The van der Waals surface area contributed by atoms with Gasteiger partial charge >= 0.3 is 6.01 Å². The Kier molecular flexibility index (Phi) is 2.62. The lowest BCUT2D eigenvalue weighted by Gasteiger charge is -2.01. The number of aromatic amines is 1. The van der Waals surface area contributed by atoms with Gasteiger partial charge in [0, 0.05) is 17.8 Å². The van der Waals surface area contributed by atoms with Gasteiger partial charge in [-0.05, 0) is 12.5 Å². The summed E-state index contributed by atoms with van der Waals surface area (Å²) in [6.07, 6.45) is 5.76. The SMILES string of the molecule is CCCCOc1ncc2cc[nH]c2n1. The maximum Gasteiger partial charge on any atom is 0.318 e. The topological polar surface area (TPSA) is 50.8 Å². The van der Waals surface area contributed by atoms with E-state index in [1.165, 1.54) is 0 Å². The van der Waals surface area contributed by atoms with Crippen LogP contribution in [0.2, 0.25) is 0 Å². The summed E-state index contributed by atoms with van der Waals surface area (Å²) in [5.41, 5.74) is 0.825. The molecule has 4 nitrogen and oxygen atoms in total. The molecule has 0 spiro atoms. The number of nitrogens with zero attached hydrogens (tertiary/aromatic N) is 2. The number of fused-ring (bicyclic) bond motifs is 1. The molecule has 2 rings (SSSR count). The summed E-state index contributed by atoms with van der Waals surface area (Å²) >= 11 is 0. The van der Waals surface area contributed by atoms with Crippen LogP contribution in [0.15, 0.2) is 18.5 Å². The van der Waals surface area contributed by atoms with E-state index in [-0.39, 0.29) is 0 Å². The fourth-order valence-corrected chi connectivity index (χ4v) is 1.20. The van der Waals surface area contributed by atoms with E-state index >= 15 is 0 Å². The van der Waals surface area contributed by atoms with Crippen molar-refractivity contribution in [3.8, 4) is 6.01 Å². The molecule has 74 valence electrons. The van der Waals surface area contributed by atoms with Gasteiger partial charge in [0.25, 0.3) is 0 Å². The van der Waals surface area contributed by atoms with Crippen LogP contribution >= 0.6 is 0 Å². The molecule has 2 heterocycles. The van der Waals surface area contributed by atoms with Gasteiger partial charge in [0.05, 0.1) is 6.61 Å². The first kappa shape index (κ1) is 8.99. The van der Waals surface area contributed by atoms with Crippen LogP contribution in [0.5, 0.6) is 6.01 Å². The molecule has 1 N–H and O–H groups in total. The summed E-state index contributed by atoms with van der Waals surface area (Å²) in [5.74, 6) is 0. The minimum atomic E-state index is 0.452. The quantitative estimate of drug-likeness (QED) is 0.753. The molecule has 4 heteroatoms. The molecule has 0 aromatic carbocycles. The number of H-pyrrole nitrogens is 1. The van der Waals surface area contributed by atoms with Crippen molar-refractivity contribution in [2.45, 2.75) is 19.8 Å². The third kappa shape index (κ3) is 1.84. The van der Waals surface area contributed by atoms with Crippen LogP contribution in [0.3, 0.4) is 0 Å². The van der Waals surface area contributed by atoms with Crippen LogP contribution in [0.1, 0.15) is 19.8 Å². The summed E-state index contributed by atoms with van der Waals surface area (Å²) in [6.45, 7) is 2.81. The summed E-state index contributed by atoms with van der Waals surface area (Å²) in [4.78, 5) is 11.3. The Hall–Kier alpha value is -1.58. The second kappa shape index (κ2) is 4.09. The molecule has 0 unspecified atom stereocenters. The predicted molar refractivity (Wildman–Crippen MR) is 54.3 cm³/mol. The highest BCUT2D eigenvalue weighted by Gasteiger charge is 2.00. The maximum atomic E-state index is 5.38. The third-order valence-electron chi connectivity index (χ3n) is 2.01. The van der Waals surface area contributed by atoms with Gasteiger partial charge in [-0.25, -0.2) is 4.98 Å². The molecule has 0 saturated carbocycles. The van der Waals surface area contributed by atoms with Crippen molar-refractivity contribution in [2.75, 3.05) is 6.61 Å². The summed E-state index contributed by atoms with van der Waals surface area (Å²) in [6, 6.07) is 2.39. The van der Waals surface area contributed by atoms with Crippen molar-refractivity contribution in [3.63, 3.8) is 0 Å². The lowest BCUT2D eigenvalue weighted by molar-refractivity contribution is 0.286. The van der Waals surface area contributed by atoms with Gasteiger partial charge in [-0.2, -0.15) is 4.98 Å². The first-order valence-electron chi connectivity index (χ1n) is 4.83. The molecule has 14 heavy (non-hydrogen) atoms. The molecule has 0 aliphatic heterocycles. The number of rotatable bonds is 4. The van der Waals surface area contributed by atoms with Gasteiger partial charge < -0.3 is 9.72 Å². The highest BCUT2D eigenvalue weighted by molar-refractivity contribution is 5.74. The largest absolute Gasteiger partial charge is 0.463 e. The van der Waals surface area contributed by atoms with Crippen LogP contribution in [0.4, 0.5) is 0 Å². The molecule has 0 aliphatic rings. The highest BCUT2D eigenvalue weighted by atomic mass is 16.5. The Labute approximate surface area is 82.3 Å². The smallest absolute Gasteiger partial charge is 0.318 e. The molecule has 0 amide bonds. The van der Waals surface area contributed by atoms with Gasteiger partial charge in [-0.3, -0.25) is 0 Å². The minimum absolute atomic E-state index is 0.452. The van der Waals surface area contributed by atoms with Gasteiger partial charge in [-0.1, -0.05) is 13.3 Å². The van der Waals surface area contributed by atoms with E-state index in [1.807, 2.05) is 12.3 Å². The summed E-state index contributed by atoms with van der Waals surface area (Å²) < 4.78 is 5.38. The standard InChI is InChI=1S/C10H13N3O/c1-2-3-6-14-10-12-7-8-4-5-11-9(8)13-10/h4-5,7H,2-3,6H2,1H3,(H,11,12,13). The average Bonchev–Trinajstić information content (AvgIpc) is 2.65. The number of hydrogen-bond acceptors (Lipinski definition) is 3. The highest BCUT2D eigenvalue weighted by Crippen LogP contribution is 2.11. The van der Waals surface area contributed by atoms with E-state index in [0.29, 0.717) is 12.6 Å². The van der Waals surface area contributed by atoms with E-state index < -0.39 is 0 Å². The Morgan fingerprint density at radius 1 is 1.50 bits per heavy atom. The fraction of sp³-hybridized carbons (Fsp3) is 0.400. The Morgan fingerprint density at radius 3 is 3.29 bits per heavy atom. The molecule has 0 atom stereocenters. The zero-order valence-electron chi connectivity index (χ0n) is 8.16. The molecular formula is C10H13N3O. The van der Waals surface area contributed by atoms with Gasteiger partial charge in [-0.15, -0.1) is 0 Å². The molecule has 0 bridgehead atoms. The van der Waals surface area contributed by atoms with Crippen molar-refractivity contribution in [3.05, 3.63) is 18.5 Å². The van der Waals surface area contributed by atoms with Crippen LogP contribution in [0.25, 0.3) is 11.0 Å². The number of unbranched alkanes of at least 4 members (excludes halogenated alkanes) is 1. The van der Waals surface area contributed by atoms with Crippen LogP contribution in [-0.2, 0) is 0 Å². The van der Waals surface area contributed by atoms with E-state index in [1.54, 1.807) is 6.20 Å². The normalized spacial score (nSPS) is 10.6. The van der Waals surface area contributed by atoms with E-state index in [2.05, 4.69) is 21.9 Å². The second-order valence-corrected chi connectivity index (χ2v) is 3.14. The predicted octanol–water partition coefficient (Wildman–Crippen LogP) is 2.14. The van der Waals surface area contributed by atoms with Crippen molar-refractivity contribution in [1.29, 1.82) is 0 Å². The zero-order valence-corrected chi connectivity index (χ0v) is 8.16. The first-order valence-corrected chi connectivity index (χ1v) is 4.83. The van der Waals surface area contributed by atoms with Crippen molar-refractivity contribution >= 4 is 11.0 Å². The van der Waals surface area contributed by atoms with E-state index in [0.717, 1.165) is 23.9 Å². The van der Waals surface area contributed by atoms with Crippen molar-refractivity contribution in [2.24, 2.45) is 0 Å². The van der Waals surface area contributed by atoms with Crippen LogP contribution < -0.4 is 4.74 Å². The molecule has 0 saturated heterocycles.